The summed E-state index contributed by atoms with van der Waals surface area (Å²) in [6, 6.07) is 0. The third-order valence-electron chi connectivity index (χ3n) is 2.00. The Kier molecular flexibility index (Phi) is 48.4. The first kappa shape index (κ1) is 54.6. The van der Waals surface area contributed by atoms with Gasteiger partial charge >= 0.3 is 7.60 Å². The van der Waals surface area contributed by atoms with E-state index < -0.39 is 71.4 Å². The number of sulfone groups is 1. The molecule has 0 rings (SSSR count). The van der Waals surface area contributed by atoms with Crippen molar-refractivity contribution in [2.75, 3.05) is 106 Å². The molecule has 0 saturated heterocycles. The molecule has 0 aliphatic carbocycles. The Morgan fingerprint density at radius 1 is 0.763 bits per heavy atom. The first-order valence-electron chi connectivity index (χ1n) is 9.34. The predicted molar refractivity (Wildman–Crippen MR) is 162 cm³/mol. The van der Waals surface area contributed by atoms with Crippen molar-refractivity contribution in [2.24, 2.45) is 0 Å². The SMILES string of the molecule is CN(C)S(C)=O.CNS(C)=O.COP(C)(=O)OC.COS(C)(=O)=O.COS(C)=O.CS(C)(=O)=O.CS(C)=O. The maximum absolute atomic E-state index is 10.5. The van der Waals surface area contributed by atoms with Crippen LogP contribution in [0.2, 0.25) is 0 Å². The van der Waals surface area contributed by atoms with Gasteiger partial charge in [0.15, 0.2) is 11.1 Å². The van der Waals surface area contributed by atoms with Gasteiger partial charge in [-0.1, -0.05) is 0 Å². The molecule has 242 valence electrons. The molecule has 0 bridgehead atoms. The van der Waals surface area contributed by atoms with Gasteiger partial charge in [-0.05, 0) is 21.1 Å². The zero-order valence-corrected chi connectivity index (χ0v) is 30.9. The number of nitrogens with zero attached hydrogens (tertiary/aromatic N) is 1. The lowest BCUT2D eigenvalue weighted by Crippen LogP contribution is -2.12. The number of hydrogen-bond acceptors (Lipinski definition) is 13. The van der Waals surface area contributed by atoms with Crippen molar-refractivity contribution >= 4 is 71.4 Å². The summed E-state index contributed by atoms with van der Waals surface area (Å²) in [7, 11) is -0.282. The van der Waals surface area contributed by atoms with Crippen LogP contribution in [0.4, 0.5) is 0 Å². The minimum absolute atomic E-state index is 0.611. The number of nitrogens with one attached hydrogen (secondary N) is 1. The molecule has 0 aliphatic rings. The summed E-state index contributed by atoms with van der Waals surface area (Å²) in [4.78, 5) is 0. The third-order valence-corrected chi connectivity index (χ3v) is 6.01. The minimum Gasteiger partial charge on any atom is -0.312 e. The van der Waals surface area contributed by atoms with Crippen molar-refractivity contribution in [3.05, 3.63) is 0 Å². The van der Waals surface area contributed by atoms with E-state index in [1.807, 2.05) is 0 Å². The van der Waals surface area contributed by atoms with E-state index in [1.54, 1.807) is 50.5 Å². The van der Waals surface area contributed by atoms with Crippen LogP contribution < -0.4 is 4.72 Å². The van der Waals surface area contributed by atoms with Gasteiger partial charge in [-0.25, -0.2) is 30.1 Å². The van der Waals surface area contributed by atoms with Gasteiger partial charge in [-0.15, -0.1) is 0 Å². The average Bonchev–Trinajstić information content (AvgIpc) is 2.73. The van der Waals surface area contributed by atoms with Crippen LogP contribution in [0.1, 0.15) is 0 Å². The molecule has 3 unspecified atom stereocenters. The van der Waals surface area contributed by atoms with Gasteiger partial charge in [0.2, 0.25) is 0 Å². The van der Waals surface area contributed by atoms with Crippen LogP contribution in [-0.4, -0.2) is 144 Å². The first-order chi connectivity index (χ1) is 16.6. The molecule has 0 aromatic carbocycles. The van der Waals surface area contributed by atoms with Crippen molar-refractivity contribution in [2.45, 2.75) is 0 Å². The molecule has 1 N–H and O–H groups in total. The van der Waals surface area contributed by atoms with Crippen LogP contribution in [0.3, 0.4) is 0 Å². The summed E-state index contributed by atoms with van der Waals surface area (Å²) < 4.78 is 110. The molecule has 22 heteroatoms. The van der Waals surface area contributed by atoms with E-state index in [0.29, 0.717) is 0 Å². The molecule has 0 radical (unpaired) electrons. The summed E-state index contributed by atoms with van der Waals surface area (Å²) in [5, 5.41) is 0. The highest BCUT2D eigenvalue weighted by atomic mass is 32.2. The van der Waals surface area contributed by atoms with Gasteiger partial charge in [0.25, 0.3) is 10.1 Å². The van der Waals surface area contributed by atoms with Crippen LogP contribution in [0, 0.1) is 0 Å². The molecular weight excluding hydrogens is 652 g/mol. The summed E-state index contributed by atoms with van der Waals surface area (Å²) in [6.45, 7) is 1.41. The van der Waals surface area contributed by atoms with Crippen LogP contribution in [-0.2, 0) is 85.8 Å². The Morgan fingerprint density at radius 2 is 0.921 bits per heavy atom. The second-order valence-electron chi connectivity index (χ2n) is 6.35. The van der Waals surface area contributed by atoms with Crippen LogP contribution >= 0.6 is 7.60 Å². The van der Waals surface area contributed by atoms with Gasteiger partial charge in [0.05, 0.1) is 42.4 Å². The average molecular weight is 701 g/mol. The van der Waals surface area contributed by atoms with Crippen LogP contribution in [0.15, 0.2) is 0 Å². The largest absolute Gasteiger partial charge is 0.327 e. The second-order valence-corrected chi connectivity index (χ2v) is 18.2. The van der Waals surface area contributed by atoms with E-state index in [-0.39, 0.29) is 0 Å². The molecule has 0 fully saturated rings. The van der Waals surface area contributed by atoms with Crippen molar-refractivity contribution in [1.29, 1.82) is 0 Å². The lowest BCUT2D eigenvalue weighted by Gasteiger charge is -2.04. The molecule has 0 aromatic rings. The molecule has 0 amide bonds. The standard InChI is InChI=1S/C3H9NOS.C3H9O3P.C2H7NOS.C2H6O3S.2C2H6O2S.C2H6OS/c1-4(2)6(3)5;1-5-7(3,4)6-2;1-3-5(2)4;1-5-6(2,3)4;1-5(2,3)4;1-4-5(2)3;1-4(2)3/h1-3H3;1-3H3;3H,1-2H3;1-2H3;2*1-2H3;1-2H3. The van der Waals surface area contributed by atoms with Crippen molar-refractivity contribution in [3.63, 3.8) is 0 Å². The summed E-state index contributed by atoms with van der Waals surface area (Å²) in [6.07, 6.45) is 11.3. The predicted octanol–water partition coefficient (Wildman–Crippen LogP) is -0.383. The number of rotatable bonds is 6. The van der Waals surface area contributed by atoms with Gasteiger partial charge in [-0.3, -0.25) is 17.1 Å². The molecule has 0 spiro atoms. The van der Waals surface area contributed by atoms with Crippen molar-refractivity contribution in [1.82, 2.24) is 9.03 Å². The Bertz CT molecular complexity index is 848. The maximum Gasteiger partial charge on any atom is 0.327 e. The number of hydrogen-bond donors (Lipinski definition) is 1. The molecule has 38 heavy (non-hydrogen) atoms. The maximum atomic E-state index is 10.5. The Hall–Kier alpha value is 0.490. The quantitative estimate of drug-likeness (QED) is 0.277. The molecule has 0 aromatic heterocycles. The molecule has 3 atom stereocenters. The lowest BCUT2D eigenvalue weighted by molar-refractivity contribution is 0.282. The van der Waals surface area contributed by atoms with Crippen molar-refractivity contribution < 1.29 is 55.6 Å². The van der Waals surface area contributed by atoms with E-state index >= 15 is 0 Å². The van der Waals surface area contributed by atoms with Gasteiger partial charge in [0, 0.05) is 75.5 Å². The zero-order valence-electron chi connectivity index (χ0n) is 25.2. The van der Waals surface area contributed by atoms with E-state index in [1.165, 1.54) is 34.2 Å². The summed E-state index contributed by atoms with van der Waals surface area (Å²) in [5.74, 6) is 0. The molecule has 0 heterocycles. The normalized spacial score (nSPS) is 12.8. The van der Waals surface area contributed by atoms with E-state index in [2.05, 4.69) is 22.1 Å². The van der Waals surface area contributed by atoms with Crippen LogP contribution in [0.5, 0.6) is 0 Å². The van der Waals surface area contributed by atoms with Crippen LogP contribution in [0.25, 0.3) is 0 Å². The third kappa shape index (κ3) is 150. The second kappa shape index (κ2) is 33.7. The van der Waals surface area contributed by atoms with E-state index in [9.17, 15) is 38.2 Å². The van der Waals surface area contributed by atoms with E-state index in [4.69, 9.17) is 0 Å². The van der Waals surface area contributed by atoms with Gasteiger partial charge in [-0.2, -0.15) is 8.42 Å². The van der Waals surface area contributed by atoms with Gasteiger partial charge in [0.1, 0.15) is 9.84 Å². The molecule has 0 aliphatic heterocycles. The summed E-state index contributed by atoms with van der Waals surface area (Å²) in [5.41, 5.74) is 0. The fraction of sp³-hybridized carbons (Fsp3) is 1.00. The Morgan fingerprint density at radius 3 is 0.921 bits per heavy atom. The topological polar surface area (TPSA) is 206 Å². The molecule has 15 nitrogen and oxygen atoms in total. The van der Waals surface area contributed by atoms with Crippen molar-refractivity contribution in [3.8, 4) is 0 Å². The van der Waals surface area contributed by atoms with Gasteiger partial charge < -0.3 is 9.05 Å². The fourth-order valence-corrected chi connectivity index (χ4v) is 0.224. The highest BCUT2D eigenvalue weighted by molar-refractivity contribution is 7.90. The smallest absolute Gasteiger partial charge is 0.312 e. The zero-order chi connectivity index (χ0) is 32.9. The summed E-state index contributed by atoms with van der Waals surface area (Å²) >= 11 is -1.07. The Labute approximate surface area is 241 Å². The van der Waals surface area contributed by atoms with E-state index in [0.717, 1.165) is 25.9 Å². The Balaban J connectivity index is -0.0000000594. The first-order valence-corrected chi connectivity index (χ1v) is 22.0. The molecule has 0 saturated carbocycles. The monoisotopic (exact) mass is 700 g/mol. The highest BCUT2D eigenvalue weighted by Crippen LogP contribution is 2.40. The highest BCUT2D eigenvalue weighted by Gasteiger charge is 2.08. The molecular formula is C16H49N2O13PS6. The lowest BCUT2D eigenvalue weighted by atomic mass is 11.3. The fourth-order valence-electron chi connectivity index (χ4n) is 0.0745. The minimum atomic E-state index is -3.16.